The molecule has 1 heterocycles. The maximum absolute atomic E-state index is 11.8. The Morgan fingerprint density at radius 1 is 1.20 bits per heavy atom. The Kier molecular flexibility index (Phi) is 6.06. The summed E-state index contributed by atoms with van der Waals surface area (Å²) in [5.74, 6) is -0.441. The zero-order chi connectivity index (χ0) is 18.7. The quantitative estimate of drug-likeness (QED) is 0.601. The van der Waals surface area contributed by atoms with Crippen LogP contribution in [0.15, 0.2) is 24.3 Å². The zero-order valence-corrected chi connectivity index (χ0v) is 16.9. The highest BCUT2D eigenvalue weighted by Gasteiger charge is 2.36. The molecule has 138 valence electrons. The molecular formula is C19H30N2O3Si. The highest BCUT2D eigenvalue weighted by molar-refractivity contribution is 6.74. The Labute approximate surface area is 151 Å². The number of rotatable bonds is 6. The third-order valence-electron chi connectivity index (χ3n) is 5.19. The fourth-order valence-electron chi connectivity index (χ4n) is 2.44. The van der Waals surface area contributed by atoms with Gasteiger partial charge in [0.25, 0.3) is 0 Å². The van der Waals surface area contributed by atoms with Crippen LogP contribution in [0.5, 0.6) is 0 Å². The summed E-state index contributed by atoms with van der Waals surface area (Å²) in [5, 5.41) is 5.78. The van der Waals surface area contributed by atoms with Crippen molar-refractivity contribution in [2.24, 2.45) is 0 Å². The van der Waals surface area contributed by atoms with Gasteiger partial charge in [0.2, 0.25) is 11.8 Å². The van der Waals surface area contributed by atoms with E-state index in [9.17, 15) is 9.59 Å². The van der Waals surface area contributed by atoms with E-state index in [0.29, 0.717) is 12.8 Å². The van der Waals surface area contributed by atoms with Crippen LogP contribution in [-0.2, 0) is 20.4 Å². The minimum Gasteiger partial charge on any atom is -0.416 e. The predicted molar refractivity (Wildman–Crippen MR) is 103 cm³/mol. The van der Waals surface area contributed by atoms with Gasteiger partial charge < -0.3 is 9.74 Å². The van der Waals surface area contributed by atoms with Crippen LogP contribution in [0.2, 0.25) is 18.1 Å². The Morgan fingerprint density at radius 2 is 1.84 bits per heavy atom. The van der Waals surface area contributed by atoms with Gasteiger partial charge >= 0.3 is 0 Å². The summed E-state index contributed by atoms with van der Waals surface area (Å²) in [5.41, 5.74) is 2.11. The number of nitrogens with one attached hydrogen (secondary N) is 2. The second-order valence-electron chi connectivity index (χ2n) is 8.20. The van der Waals surface area contributed by atoms with Crippen molar-refractivity contribution in [2.45, 2.75) is 64.2 Å². The fraction of sp³-hybridized carbons (Fsp3) is 0.579. The van der Waals surface area contributed by atoms with Crippen molar-refractivity contribution < 1.29 is 14.0 Å². The molecule has 0 spiro atoms. The van der Waals surface area contributed by atoms with Crippen LogP contribution in [0.25, 0.3) is 0 Å². The maximum atomic E-state index is 11.8. The number of benzene rings is 1. The molecule has 1 aliphatic heterocycles. The topological polar surface area (TPSA) is 67.4 Å². The molecule has 5 nitrogen and oxygen atoms in total. The van der Waals surface area contributed by atoms with E-state index < -0.39 is 8.32 Å². The van der Waals surface area contributed by atoms with Crippen molar-refractivity contribution in [1.82, 2.24) is 5.32 Å². The molecule has 2 N–H and O–H groups in total. The van der Waals surface area contributed by atoms with Gasteiger partial charge in [-0.05, 0) is 48.7 Å². The lowest BCUT2D eigenvalue weighted by molar-refractivity contribution is -0.133. The standard InChI is InChI=1S/C19H30N2O3Si/c1-19(2,3)25(4,5)24-13-12-14-6-8-15(9-7-14)20-16-10-11-17(22)21-18(16)23/h6-9,16,20H,10-13H2,1-5H3,(H,21,22,23). The summed E-state index contributed by atoms with van der Waals surface area (Å²) in [6, 6.07) is 7.73. The number of carbonyl (C=O) groups excluding carboxylic acids is 2. The van der Waals surface area contributed by atoms with E-state index in [-0.39, 0.29) is 22.9 Å². The lowest BCUT2D eigenvalue weighted by atomic mass is 10.1. The van der Waals surface area contributed by atoms with Crippen LogP contribution < -0.4 is 10.6 Å². The molecule has 2 amide bonds. The third kappa shape index (κ3) is 5.41. The first-order valence-electron chi connectivity index (χ1n) is 8.92. The van der Waals surface area contributed by atoms with Gasteiger partial charge in [-0.15, -0.1) is 0 Å². The van der Waals surface area contributed by atoms with E-state index in [1.54, 1.807) is 0 Å². The van der Waals surface area contributed by atoms with Crippen molar-refractivity contribution in [1.29, 1.82) is 0 Å². The van der Waals surface area contributed by atoms with E-state index in [2.05, 4.69) is 56.6 Å². The molecule has 0 saturated carbocycles. The number of piperidine rings is 1. The maximum Gasteiger partial charge on any atom is 0.249 e. The van der Waals surface area contributed by atoms with Crippen molar-refractivity contribution in [2.75, 3.05) is 11.9 Å². The van der Waals surface area contributed by atoms with Crippen LogP contribution in [-0.4, -0.2) is 32.8 Å². The molecule has 1 fully saturated rings. The second-order valence-corrected chi connectivity index (χ2v) is 13.0. The largest absolute Gasteiger partial charge is 0.416 e. The van der Waals surface area contributed by atoms with Gasteiger partial charge in [0, 0.05) is 18.7 Å². The highest BCUT2D eigenvalue weighted by Crippen LogP contribution is 2.36. The summed E-state index contributed by atoms with van der Waals surface area (Å²) in [4.78, 5) is 23.0. The number of amides is 2. The Hall–Kier alpha value is -1.66. The minimum absolute atomic E-state index is 0.194. The van der Waals surface area contributed by atoms with E-state index in [4.69, 9.17) is 4.43 Å². The van der Waals surface area contributed by atoms with Crippen LogP contribution in [0.1, 0.15) is 39.2 Å². The number of hydrogen-bond acceptors (Lipinski definition) is 4. The van der Waals surface area contributed by atoms with Gasteiger partial charge in [0.05, 0.1) is 0 Å². The first kappa shape index (κ1) is 19.7. The monoisotopic (exact) mass is 362 g/mol. The van der Waals surface area contributed by atoms with Gasteiger partial charge in [0.15, 0.2) is 8.32 Å². The van der Waals surface area contributed by atoms with Crippen molar-refractivity contribution in [3.63, 3.8) is 0 Å². The van der Waals surface area contributed by atoms with Gasteiger partial charge in [-0.3, -0.25) is 14.9 Å². The van der Waals surface area contributed by atoms with Crippen LogP contribution >= 0.6 is 0 Å². The van der Waals surface area contributed by atoms with Crippen molar-refractivity contribution in [3.05, 3.63) is 29.8 Å². The minimum atomic E-state index is -1.70. The summed E-state index contributed by atoms with van der Waals surface area (Å²) in [6.45, 7) is 12.0. The molecule has 1 aromatic carbocycles. The lowest BCUT2D eigenvalue weighted by Crippen LogP contribution is -2.47. The summed E-state index contributed by atoms with van der Waals surface area (Å²) in [7, 11) is -1.70. The first-order chi connectivity index (χ1) is 11.6. The smallest absolute Gasteiger partial charge is 0.249 e. The summed E-state index contributed by atoms with van der Waals surface area (Å²) >= 11 is 0. The Bertz CT molecular complexity index is 621. The molecule has 0 aliphatic carbocycles. The molecular weight excluding hydrogens is 332 g/mol. The highest BCUT2D eigenvalue weighted by atomic mass is 28.4. The third-order valence-corrected chi connectivity index (χ3v) is 9.73. The average Bonchev–Trinajstić information content (AvgIpc) is 2.50. The number of anilines is 1. The molecule has 0 aromatic heterocycles. The normalized spacial score (nSPS) is 18.8. The second kappa shape index (κ2) is 7.70. The SMILES string of the molecule is CC(C)(C)[Si](C)(C)OCCc1ccc(NC2CCC(=O)NC2=O)cc1. The molecule has 1 saturated heterocycles. The van der Waals surface area contributed by atoms with Crippen molar-refractivity contribution in [3.8, 4) is 0 Å². The van der Waals surface area contributed by atoms with E-state index >= 15 is 0 Å². The summed E-state index contributed by atoms with van der Waals surface area (Å²) in [6.07, 6.45) is 1.80. The van der Waals surface area contributed by atoms with Gasteiger partial charge in [-0.2, -0.15) is 0 Å². The van der Waals surface area contributed by atoms with Gasteiger partial charge in [-0.1, -0.05) is 32.9 Å². The van der Waals surface area contributed by atoms with Crippen LogP contribution in [0, 0.1) is 0 Å². The average molecular weight is 363 g/mol. The number of hydrogen-bond donors (Lipinski definition) is 2. The number of carbonyl (C=O) groups is 2. The van der Waals surface area contributed by atoms with E-state index in [1.807, 2.05) is 12.1 Å². The van der Waals surface area contributed by atoms with E-state index in [1.165, 1.54) is 5.56 Å². The predicted octanol–water partition coefficient (Wildman–Crippen LogP) is 3.47. The van der Waals surface area contributed by atoms with E-state index in [0.717, 1.165) is 18.7 Å². The van der Waals surface area contributed by atoms with Crippen molar-refractivity contribution >= 4 is 25.8 Å². The van der Waals surface area contributed by atoms with Crippen LogP contribution in [0.3, 0.4) is 0 Å². The molecule has 0 radical (unpaired) electrons. The molecule has 6 heteroatoms. The Balaban J connectivity index is 1.84. The van der Waals surface area contributed by atoms with Gasteiger partial charge in [0.1, 0.15) is 6.04 Å². The Morgan fingerprint density at radius 3 is 2.40 bits per heavy atom. The van der Waals surface area contributed by atoms with Gasteiger partial charge in [-0.25, -0.2) is 0 Å². The molecule has 1 aliphatic rings. The zero-order valence-electron chi connectivity index (χ0n) is 15.9. The molecule has 0 bridgehead atoms. The molecule has 1 unspecified atom stereocenters. The fourth-order valence-corrected chi connectivity index (χ4v) is 3.49. The molecule has 2 rings (SSSR count). The first-order valence-corrected chi connectivity index (χ1v) is 11.8. The van der Waals surface area contributed by atoms with Crippen LogP contribution in [0.4, 0.5) is 5.69 Å². The lowest BCUT2D eigenvalue weighted by Gasteiger charge is -2.36. The molecule has 25 heavy (non-hydrogen) atoms. The molecule has 1 atom stereocenters. The molecule has 1 aromatic rings. The number of imide groups is 1. The summed E-state index contributed by atoms with van der Waals surface area (Å²) < 4.78 is 6.21.